The number of guanidine groups is 1. The van der Waals surface area contributed by atoms with Crippen LogP contribution in [0.2, 0.25) is 0 Å². The molecule has 2 heterocycles. The van der Waals surface area contributed by atoms with Crippen molar-refractivity contribution in [2.24, 2.45) is 4.99 Å². The maximum Gasteiger partial charge on any atom is 0.410 e. The van der Waals surface area contributed by atoms with E-state index in [2.05, 4.69) is 45.0 Å². The molecule has 2 rings (SSSR count). The molecule has 1 amide bonds. The average Bonchev–Trinajstić information content (AvgIpc) is 3.16. The average molecular weight is 410 g/mol. The molecule has 158 valence electrons. The normalized spacial score (nSPS) is 16.1. The van der Waals surface area contributed by atoms with Crippen LogP contribution in [-0.2, 0) is 11.3 Å². The van der Waals surface area contributed by atoms with Crippen molar-refractivity contribution in [1.82, 2.24) is 20.4 Å². The summed E-state index contributed by atoms with van der Waals surface area (Å²) in [5.74, 6) is 0.866. The van der Waals surface area contributed by atoms with Crippen molar-refractivity contribution in [1.29, 1.82) is 0 Å². The van der Waals surface area contributed by atoms with Gasteiger partial charge in [0.05, 0.1) is 6.54 Å². The van der Waals surface area contributed by atoms with Crippen LogP contribution in [0.4, 0.5) is 4.79 Å². The van der Waals surface area contributed by atoms with Gasteiger partial charge >= 0.3 is 6.09 Å². The summed E-state index contributed by atoms with van der Waals surface area (Å²) in [5.41, 5.74) is -0.435. The van der Waals surface area contributed by atoms with Crippen LogP contribution in [0.1, 0.15) is 39.0 Å². The van der Waals surface area contributed by atoms with Gasteiger partial charge in [-0.05, 0) is 52.1 Å². The molecule has 0 radical (unpaired) electrons. The largest absolute Gasteiger partial charge is 0.444 e. The molecule has 1 saturated heterocycles. The van der Waals surface area contributed by atoms with E-state index in [1.54, 1.807) is 16.2 Å². The van der Waals surface area contributed by atoms with Crippen molar-refractivity contribution in [2.45, 2.75) is 46.3 Å². The topological polar surface area (TPSA) is 69.2 Å². The molecule has 7 nitrogen and oxygen atoms in total. The Bertz CT molecular complexity index is 605. The minimum atomic E-state index is -0.435. The lowest BCUT2D eigenvalue weighted by atomic mass is 10.2. The highest BCUT2D eigenvalue weighted by Gasteiger charge is 2.25. The van der Waals surface area contributed by atoms with Gasteiger partial charge in [0, 0.05) is 44.1 Å². The molecule has 8 heteroatoms. The molecule has 1 fully saturated rings. The second-order valence-electron chi connectivity index (χ2n) is 7.86. The highest BCUT2D eigenvalue weighted by atomic mass is 32.1. The Hall–Kier alpha value is -1.80. The molecular weight excluding hydrogens is 374 g/mol. The van der Waals surface area contributed by atoms with Gasteiger partial charge < -0.3 is 20.3 Å². The first-order valence-corrected chi connectivity index (χ1v) is 11.0. The van der Waals surface area contributed by atoms with Crippen LogP contribution in [0.15, 0.2) is 22.5 Å². The van der Waals surface area contributed by atoms with Gasteiger partial charge in [-0.3, -0.25) is 4.90 Å². The van der Waals surface area contributed by atoms with E-state index < -0.39 is 5.60 Å². The second-order valence-corrected chi connectivity index (χ2v) is 8.90. The maximum absolute atomic E-state index is 12.1. The zero-order valence-electron chi connectivity index (χ0n) is 17.7. The molecule has 2 N–H and O–H groups in total. The number of nitrogens with one attached hydrogen (secondary N) is 2. The van der Waals surface area contributed by atoms with Crippen LogP contribution in [0.25, 0.3) is 0 Å². The summed E-state index contributed by atoms with van der Waals surface area (Å²) in [7, 11) is 0. The lowest BCUT2D eigenvalue weighted by Crippen LogP contribution is -2.50. The zero-order chi connectivity index (χ0) is 20.4. The standard InChI is InChI=1S/C20H35N5O2S/c1-5-21-18(23-16-17-8-6-15-28-17)22-9-7-10-24-11-13-25(14-12-24)19(26)27-20(2,3)4/h6,8,15H,5,7,9-14,16H2,1-4H3,(H2,21,22,23). The van der Waals surface area contributed by atoms with Crippen LogP contribution in [0, 0.1) is 0 Å². The lowest BCUT2D eigenvalue weighted by Gasteiger charge is -2.35. The number of aliphatic imine (C=N–C) groups is 1. The maximum atomic E-state index is 12.1. The molecule has 28 heavy (non-hydrogen) atoms. The van der Waals surface area contributed by atoms with Crippen molar-refractivity contribution in [3.8, 4) is 0 Å². The summed E-state index contributed by atoms with van der Waals surface area (Å²) in [5, 5.41) is 8.78. The number of carbonyl (C=O) groups excluding carboxylic acids is 1. The third-order valence-corrected chi connectivity index (χ3v) is 5.15. The Morgan fingerprint density at radius 1 is 1.25 bits per heavy atom. The van der Waals surface area contributed by atoms with E-state index in [9.17, 15) is 4.79 Å². The van der Waals surface area contributed by atoms with Crippen LogP contribution in [0.3, 0.4) is 0 Å². The van der Waals surface area contributed by atoms with Crippen molar-refractivity contribution in [2.75, 3.05) is 45.8 Å². The first-order valence-electron chi connectivity index (χ1n) is 10.1. The summed E-state index contributed by atoms with van der Waals surface area (Å²) in [4.78, 5) is 22.2. The van der Waals surface area contributed by atoms with E-state index in [-0.39, 0.29) is 6.09 Å². The van der Waals surface area contributed by atoms with Crippen LogP contribution < -0.4 is 10.6 Å². The van der Waals surface area contributed by atoms with Crippen molar-refractivity contribution in [3.63, 3.8) is 0 Å². The molecule has 0 spiro atoms. The van der Waals surface area contributed by atoms with E-state index in [4.69, 9.17) is 4.74 Å². The van der Waals surface area contributed by atoms with Crippen molar-refractivity contribution >= 4 is 23.4 Å². The number of piperazine rings is 1. The van der Waals surface area contributed by atoms with E-state index in [0.29, 0.717) is 6.54 Å². The van der Waals surface area contributed by atoms with Crippen LogP contribution >= 0.6 is 11.3 Å². The Balaban J connectivity index is 1.64. The SMILES string of the molecule is CCNC(=NCc1cccs1)NCCCN1CCN(C(=O)OC(C)(C)C)CC1. The molecule has 0 aliphatic carbocycles. The summed E-state index contributed by atoms with van der Waals surface area (Å²) >= 11 is 1.73. The fourth-order valence-corrected chi connectivity index (χ4v) is 3.52. The number of rotatable bonds is 7. The number of thiophene rings is 1. The minimum Gasteiger partial charge on any atom is -0.444 e. The van der Waals surface area contributed by atoms with E-state index in [1.807, 2.05) is 20.8 Å². The first kappa shape index (κ1) is 22.5. The number of ether oxygens (including phenoxy) is 1. The number of nitrogens with zero attached hydrogens (tertiary/aromatic N) is 3. The van der Waals surface area contributed by atoms with Crippen LogP contribution in [-0.4, -0.2) is 73.3 Å². The van der Waals surface area contributed by atoms with Gasteiger partial charge in [0.25, 0.3) is 0 Å². The van der Waals surface area contributed by atoms with Gasteiger partial charge in [-0.2, -0.15) is 0 Å². The molecular formula is C20H35N5O2S. The number of hydrogen-bond donors (Lipinski definition) is 2. The first-order chi connectivity index (χ1) is 13.4. The fourth-order valence-electron chi connectivity index (χ4n) is 2.89. The Labute approximate surface area is 173 Å². The quantitative estimate of drug-likeness (QED) is 0.412. The monoisotopic (exact) mass is 409 g/mol. The Kier molecular flexibility index (Phi) is 9.05. The van der Waals surface area contributed by atoms with E-state index in [0.717, 1.165) is 58.2 Å². The second kappa shape index (κ2) is 11.3. The molecule has 0 saturated carbocycles. The highest BCUT2D eigenvalue weighted by molar-refractivity contribution is 7.09. The van der Waals surface area contributed by atoms with Gasteiger partial charge in [0.15, 0.2) is 5.96 Å². The molecule has 1 aromatic heterocycles. The zero-order valence-corrected chi connectivity index (χ0v) is 18.5. The molecule has 0 aromatic carbocycles. The number of carbonyl (C=O) groups is 1. The molecule has 0 unspecified atom stereocenters. The predicted octanol–water partition coefficient (Wildman–Crippen LogP) is 2.75. The van der Waals surface area contributed by atoms with E-state index in [1.165, 1.54) is 4.88 Å². The highest BCUT2D eigenvalue weighted by Crippen LogP contribution is 2.12. The molecule has 1 aliphatic heterocycles. The third-order valence-electron chi connectivity index (χ3n) is 4.28. The summed E-state index contributed by atoms with van der Waals surface area (Å²) in [6.07, 6.45) is 0.835. The van der Waals surface area contributed by atoms with Crippen molar-refractivity contribution < 1.29 is 9.53 Å². The van der Waals surface area contributed by atoms with Crippen molar-refractivity contribution in [3.05, 3.63) is 22.4 Å². The third kappa shape index (κ3) is 8.48. The number of hydrogen-bond acceptors (Lipinski definition) is 5. The number of amides is 1. The lowest BCUT2D eigenvalue weighted by molar-refractivity contribution is 0.0145. The Morgan fingerprint density at radius 2 is 2.00 bits per heavy atom. The molecule has 0 bridgehead atoms. The van der Waals surface area contributed by atoms with Gasteiger partial charge in [0.1, 0.15) is 5.60 Å². The van der Waals surface area contributed by atoms with Gasteiger partial charge in [-0.15, -0.1) is 11.3 Å². The molecule has 1 aromatic rings. The van der Waals surface area contributed by atoms with Gasteiger partial charge in [0.2, 0.25) is 0 Å². The fraction of sp³-hybridized carbons (Fsp3) is 0.700. The predicted molar refractivity (Wildman–Crippen MR) is 116 cm³/mol. The van der Waals surface area contributed by atoms with Gasteiger partial charge in [-0.1, -0.05) is 6.07 Å². The van der Waals surface area contributed by atoms with Gasteiger partial charge in [-0.25, -0.2) is 9.79 Å². The van der Waals surface area contributed by atoms with Crippen LogP contribution in [0.5, 0.6) is 0 Å². The summed E-state index contributed by atoms with van der Waals surface area (Å²) in [6.45, 7) is 14.5. The molecule has 0 atom stereocenters. The van der Waals surface area contributed by atoms with E-state index >= 15 is 0 Å². The Morgan fingerprint density at radius 3 is 2.61 bits per heavy atom. The summed E-state index contributed by atoms with van der Waals surface area (Å²) in [6, 6.07) is 4.16. The minimum absolute atomic E-state index is 0.203. The summed E-state index contributed by atoms with van der Waals surface area (Å²) < 4.78 is 5.45. The molecule has 1 aliphatic rings. The smallest absolute Gasteiger partial charge is 0.410 e.